The minimum absolute atomic E-state index is 0.198. The van der Waals surface area contributed by atoms with E-state index in [1.807, 2.05) is 0 Å². The van der Waals surface area contributed by atoms with Gasteiger partial charge >= 0.3 is 0 Å². The topological polar surface area (TPSA) is 18.5 Å². The second-order valence-electron chi connectivity index (χ2n) is 7.51. The van der Waals surface area contributed by atoms with Gasteiger partial charge in [0.1, 0.15) is 0 Å². The first-order valence-electron chi connectivity index (χ1n) is 8.33. The third-order valence-corrected chi connectivity index (χ3v) is 8.98. The normalized spacial score (nSPS) is 26.1. The van der Waals surface area contributed by atoms with Gasteiger partial charge < -0.3 is 10.2 Å². The molecule has 1 atom stereocenters. The summed E-state index contributed by atoms with van der Waals surface area (Å²) < 4.78 is 3.63. The molecule has 3 nitrogen and oxygen atoms in total. The third-order valence-electron chi connectivity index (χ3n) is 5.37. The van der Waals surface area contributed by atoms with Crippen LogP contribution in [0.25, 0.3) is 0 Å². The molecule has 1 aromatic carbocycles. The predicted octanol–water partition coefficient (Wildman–Crippen LogP) is 2.77. The lowest BCUT2D eigenvalue weighted by Crippen LogP contribution is -2.63. The molecular formula is C16H21BBr3N3. The maximum Gasteiger partial charge on any atom is 0.207 e. The van der Waals surface area contributed by atoms with Crippen LogP contribution in [0.5, 0.6) is 0 Å². The highest BCUT2D eigenvalue weighted by atomic mass is 79.9. The largest absolute Gasteiger partial charge is 0.363 e. The van der Waals surface area contributed by atoms with Crippen LogP contribution in [0.4, 0.5) is 5.69 Å². The Kier molecular flexibility index (Phi) is 4.41. The summed E-state index contributed by atoms with van der Waals surface area (Å²) in [4.78, 5) is 5.34. The summed E-state index contributed by atoms with van der Waals surface area (Å²) in [5, 5.41) is 3.64. The van der Waals surface area contributed by atoms with Crippen LogP contribution in [0, 0.1) is 0 Å². The van der Waals surface area contributed by atoms with Crippen molar-refractivity contribution in [3.05, 3.63) is 19.0 Å². The fourth-order valence-electron chi connectivity index (χ4n) is 4.40. The number of piperazine rings is 1. The molecule has 124 valence electrons. The van der Waals surface area contributed by atoms with E-state index in [9.17, 15) is 0 Å². The minimum atomic E-state index is 0.198. The second-order valence-corrected chi connectivity index (χ2v) is 9.89. The van der Waals surface area contributed by atoms with Crippen molar-refractivity contribution < 1.29 is 0 Å². The Labute approximate surface area is 164 Å². The monoisotopic (exact) mass is 503 g/mol. The first-order chi connectivity index (χ1) is 10.9. The zero-order valence-electron chi connectivity index (χ0n) is 13.6. The zero-order chi connectivity index (χ0) is 16.4. The van der Waals surface area contributed by atoms with Crippen molar-refractivity contribution in [3.8, 4) is 0 Å². The Morgan fingerprint density at radius 1 is 1.13 bits per heavy atom. The lowest BCUT2D eigenvalue weighted by Gasteiger charge is -2.46. The Bertz CT molecular complexity index is 665. The predicted molar refractivity (Wildman–Crippen MR) is 109 cm³/mol. The lowest BCUT2D eigenvalue weighted by atomic mass is 9.68. The number of nitrogens with one attached hydrogen (secondary N) is 1. The van der Waals surface area contributed by atoms with E-state index >= 15 is 0 Å². The Balaban J connectivity index is 1.74. The summed E-state index contributed by atoms with van der Waals surface area (Å²) in [7, 11) is 1.12. The van der Waals surface area contributed by atoms with Gasteiger partial charge in [-0.3, -0.25) is 4.90 Å². The summed E-state index contributed by atoms with van der Waals surface area (Å²) in [5.41, 5.74) is 4.65. The molecule has 3 heterocycles. The number of anilines is 1. The van der Waals surface area contributed by atoms with Crippen molar-refractivity contribution >= 4 is 66.2 Å². The van der Waals surface area contributed by atoms with Crippen LogP contribution in [0.3, 0.4) is 0 Å². The zero-order valence-corrected chi connectivity index (χ0v) is 18.3. The van der Waals surface area contributed by atoms with Gasteiger partial charge in [0.15, 0.2) is 0 Å². The molecular weight excluding hydrogens is 485 g/mol. The van der Waals surface area contributed by atoms with E-state index in [0.29, 0.717) is 6.07 Å². The van der Waals surface area contributed by atoms with E-state index in [2.05, 4.69) is 76.8 Å². The third kappa shape index (κ3) is 2.75. The molecule has 7 heteroatoms. The van der Waals surface area contributed by atoms with Gasteiger partial charge in [-0.15, -0.1) is 0 Å². The molecule has 3 aliphatic heterocycles. The average Bonchev–Trinajstić information content (AvgIpc) is 2.90. The summed E-state index contributed by atoms with van der Waals surface area (Å²) >= 11 is 11.4. The van der Waals surface area contributed by atoms with Crippen molar-refractivity contribution in [3.63, 3.8) is 0 Å². The molecule has 1 saturated heterocycles. The van der Waals surface area contributed by atoms with Gasteiger partial charge in [-0.05, 0) is 69.6 Å². The lowest BCUT2D eigenvalue weighted by molar-refractivity contribution is 0.138. The van der Waals surface area contributed by atoms with Gasteiger partial charge in [0.05, 0.1) is 6.07 Å². The van der Waals surface area contributed by atoms with Gasteiger partial charge in [0.25, 0.3) is 0 Å². The van der Waals surface area contributed by atoms with Gasteiger partial charge in [0.2, 0.25) is 7.28 Å². The standard InChI is InChI=1S/C16H21BBr3N3/c1-16(2)8-22(7-5-21-16)15-17-10-12(19)13(20)11(18)9-4-3-6-23(15)14(9)10/h15,17,21H,3-8H2,1-2H3. The molecule has 0 bridgehead atoms. The first kappa shape index (κ1) is 16.9. The summed E-state index contributed by atoms with van der Waals surface area (Å²) in [6, 6.07) is 0.503. The minimum Gasteiger partial charge on any atom is -0.363 e. The highest BCUT2D eigenvalue weighted by Crippen LogP contribution is 2.43. The smallest absolute Gasteiger partial charge is 0.207 e. The number of nitrogens with zero attached hydrogens (tertiary/aromatic N) is 2. The molecule has 1 N–H and O–H groups in total. The Hall–Kier alpha value is 0.445. The van der Waals surface area contributed by atoms with E-state index < -0.39 is 0 Å². The highest BCUT2D eigenvalue weighted by Gasteiger charge is 2.42. The van der Waals surface area contributed by atoms with E-state index in [4.69, 9.17) is 0 Å². The molecule has 3 aliphatic rings. The van der Waals surface area contributed by atoms with Gasteiger partial charge in [-0.1, -0.05) is 15.9 Å². The second kappa shape index (κ2) is 6.01. The number of rotatable bonds is 1. The molecule has 1 fully saturated rings. The van der Waals surface area contributed by atoms with Crippen molar-refractivity contribution in [2.24, 2.45) is 0 Å². The van der Waals surface area contributed by atoms with E-state index in [-0.39, 0.29) is 5.54 Å². The van der Waals surface area contributed by atoms with Crippen LogP contribution < -0.4 is 15.7 Å². The van der Waals surface area contributed by atoms with Gasteiger partial charge in [-0.25, -0.2) is 0 Å². The molecule has 0 amide bonds. The molecule has 0 aliphatic carbocycles. The molecule has 0 aromatic heterocycles. The molecule has 0 spiro atoms. The number of benzene rings is 1. The first-order valence-corrected chi connectivity index (χ1v) is 10.7. The number of hydrogen-bond acceptors (Lipinski definition) is 3. The van der Waals surface area contributed by atoms with Gasteiger partial charge in [-0.2, -0.15) is 0 Å². The van der Waals surface area contributed by atoms with Crippen LogP contribution in [-0.2, 0) is 6.42 Å². The molecule has 0 radical (unpaired) electrons. The fourth-order valence-corrected chi connectivity index (χ4v) is 6.28. The molecule has 1 aromatic rings. The van der Waals surface area contributed by atoms with Gasteiger partial charge in [0, 0.05) is 50.8 Å². The van der Waals surface area contributed by atoms with E-state index in [1.165, 1.54) is 49.5 Å². The fraction of sp³-hybridized carbons (Fsp3) is 0.625. The van der Waals surface area contributed by atoms with Crippen LogP contribution >= 0.6 is 47.8 Å². The average molecular weight is 506 g/mol. The van der Waals surface area contributed by atoms with Crippen molar-refractivity contribution in [2.75, 3.05) is 31.1 Å². The van der Waals surface area contributed by atoms with Crippen molar-refractivity contribution in [1.29, 1.82) is 0 Å². The number of hydrogen-bond donors (Lipinski definition) is 1. The molecule has 23 heavy (non-hydrogen) atoms. The molecule has 0 saturated carbocycles. The summed E-state index contributed by atoms with van der Waals surface area (Å²) in [6.07, 6.45) is 2.41. The van der Waals surface area contributed by atoms with E-state index in [1.54, 1.807) is 0 Å². The van der Waals surface area contributed by atoms with Crippen LogP contribution in [0.1, 0.15) is 25.8 Å². The highest BCUT2D eigenvalue weighted by molar-refractivity contribution is 9.14. The summed E-state index contributed by atoms with van der Waals surface area (Å²) in [6.45, 7) is 9.12. The SMILES string of the molecule is CC1(C)CN(C2Bc3c(Br)c(Br)c(Br)c4c3N2CCC4)CCN1. The van der Waals surface area contributed by atoms with E-state index in [0.717, 1.165) is 26.9 Å². The maximum atomic E-state index is 3.84. The molecule has 4 rings (SSSR count). The Morgan fingerprint density at radius 2 is 1.91 bits per heavy atom. The quantitative estimate of drug-likeness (QED) is 0.468. The number of halogens is 3. The Morgan fingerprint density at radius 3 is 2.65 bits per heavy atom. The summed E-state index contributed by atoms with van der Waals surface area (Å²) in [5.74, 6) is 0. The van der Waals surface area contributed by atoms with Crippen LogP contribution in [-0.4, -0.2) is 50.0 Å². The maximum absolute atomic E-state index is 3.84. The molecule has 1 unspecified atom stereocenters. The van der Waals surface area contributed by atoms with Crippen LogP contribution in [0.15, 0.2) is 13.4 Å². The van der Waals surface area contributed by atoms with Crippen LogP contribution in [0.2, 0.25) is 0 Å². The van der Waals surface area contributed by atoms with Crippen molar-refractivity contribution in [2.45, 2.75) is 38.3 Å². The van der Waals surface area contributed by atoms with Crippen molar-refractivity contribution in [1.82, 2.24) is 10.2 Å².